The molecule has 2 rings (SSSR count). The first-order valence-corrected chi connectivity index (χ1v) is 6.98. The van der Waals surface area contributed by atoms with Crippen LogP contribution < -0.4 is 5.73 Å². The van der Waals surface area contributed by atoms with E-state index in [-0.39, 0.29) is 0 Å². The summed E-state index contributed by atoms with van der Waals surface area (Å²) in [6.45, 7) is 5.78. The van der Waals surface area contributed by atoms with Crippen molar-refractivity contribution in [3.05, 3.63) is 0 Å². The van der Waals surface area contributed by atoms with Crippen LogP contribution >= 0.6 is 11.8 Å². The molecule has 3 atom stereocenters. The molecule has 0 saturated carbocycles. The molecule has 0 radical (unpaired) electrons. The van der Waals surface area contributed by atoms with Gasteiger partial charge in [0.2, 0.25) is 0 Å². The molecule has 0 bridgehead atoms. The fraction of sp³-hybridized carbons (Fsp3) is 1.00. The molecule has 0 spiro atoms. The van der Waals surface area contributed by atoms with Crippen LogP contribution in [0.5, 0.6) is 0 Å². The van der Waals surface area contributed by atoms with E-state index in [1.165, 1.54) is 37.4 Å². The molecule has 2 fully saturated rings. The minimum absolute atomic E-state index is 0.676. The van der Waals surface area contributed by atoms with Gasteiger partial charge in [-0.1, -0.05) is 6.92 Å². The highest BCUT2D eigenvalue weighted by Crippen LogP contribution is 2.30. The molecule has 0 amide bonds. The van der Waals surface area contributed by atoms with Crippen molar-refractivity contribution in [1.82, 2.24) is 4.90 Å². The van der Waals surface area contributed by atoms with E-state index in [2.05, 4.69) is 23.6 Å². The van der Waals surface area contributed by atoms with Gasteiger partial charge in [0.15, 0.2) is 0 Å². The van der Waals surface area contributed by atoms with Gasteiger partial charge in [0.1, 0.15) is 0 Å². The maximum atomic E-state index is 5.93. The van der Waals surface area contributed by atoms with Crippen molar-refractivity contribution >= 4 is 11.8 Å². The van der Waals surface area contributed by atoms with Gasteiger partial charge in [-0.3, -0.25) is 4.90 Å². The third-order valence-corrected chi connectivity index (χ3v) is 4.86. The van der Waals surface area contributed by atoms with E-state index in [1.54, 1.807) is 0 Å². The van der Waals surface area contributed by atoms with Gasteiger partial charge in [0.25, 0.3) is 0 Å². The normalized spacial score (nSPS) is 36.4. The van der Waals surface area contributed by atoms with Gasteiger partial charge >= 0.3 is 0 Å². The molecule has 14 heavy (non-hydrogen) atoms. The number of hydrogen-bond acceptors (Lipinski definition) is 3. The van der Waals surface area contributed by atoms with Crippen LogP contribution in [0.15, 0.2) is 0 Å². The van der Waals surface area contributed by atoms with Gasteiger partial charge in [-0.15, -0.1) is 0 Å². The smallest absolute Gasteiger partial charge is 0.0254 e. The van der Waals surface area contributed by atoms with E-state index < -0.39 is 0 Å². The number of nitrogens with two attached hydrogens (primary N) is 1. The highest BCUT2D eigenvalue weighted by molar-refractivity contribution is 7.99. The molecular weight excluding hydrogens is 192 g/mol. The Morgan fingerprint density at radius 3 is 2.86 bits per heavy atom. The topological polar surface area (TPSA) is 29.3 Å². The first-order valence-electron chi connectivity index (χ1n) is 5.83. The quantitative estimate of drug-likeness (QED) is 0.770. The Hall–Kier alpha value is 0.270. The summed E-state index contributed by atoms with van der Waals surface area (Å²) in [7, 11) is 0. The molecule has 82 valence electrons. The fourth-order valence-corrected chi connectivity index (χ4v) is 4.09. The van der Waals surface area contributed by atoms with Crippen LogP contribution in [0, 0.1) is 11.8 Å². The summed E-state index contributed by atoms with van der Waals surface area (Å²) in [6, 6.07) is 0.676. The molecular formula is C11H22N2S. The highest BCUT2D eigenvalue weighted by Gasteiger charge is 2.32. The fourth-order valence-electron chi connectivity index (χ4n) is 2.77. The third kappa shape index (κ3) is 2.26. The van der Waals surface area contributed by atoms with Crippen LogP contribution in [-0.2, 0) is 0 Å². The lowest BCUT2D eigenvalue weighted by atomic mass is 9.98. The summed E-state index contributed by atoms with van der Waals surface area (Å²) in [5, 5.41) is 0. The standard InChI is InChI=1S/C11H22N2S/c1-9-2-4-13(7-9)11(6-12)10-3-5-14-8-10/h9-11H,2-8,12H2,1H3. The van der Waals surface area contributed by atoms with E-state index >= 15 is 0 Å². The number of nitrogens with zero attached hydrogens (tertiary/aromatic N) is 1. The zero-order chi connectivity index (χ0) is 9.97. The Morgan fingerprint density at radius 2 is 2.36 bits per heavy atom. The minimum Gasteiger partial charge on any atom is -0.329 e. The van der Waals surface area contributed by atoms with Crippen molar-refractivity contribution in [2.75, 3.05) is 31.1 Å². The molecule has 0 aromatic carbocycles. The Bertz CT molecular complexity index is 180. The zero-order valence-electron chi connectivity index (χ0n) is 9.11. The van der Waals surface area contributed by atoms with Crippen LogP contribution in [0.1, 0.15) is 19.8 Å². The lowest BCUT2D eigenvalue weighted by Crippen LogP contribution is -2.44. The summed E-state index contributed by atoms with van der Waals surface area (Å²) < 4.78 is 0. The van der Waals surface area contributed by atoms with Crippen LogP contribution in [0.2, 0.25) is 0 Å². The first-order chi connectivity index (χ1) is 6.81. The third-order valence-electron chi connectivity index (χ3n) is 3.67. The summed E-state index contributed by atoms with van der Waals surface area (Å²) in [4.78, 5) is 2.64. The lowest BCUT2D eigenvalue weighted by molar-refractivity contribution is 0.186. The van der Waals surface area contributed by atoms with Crippen molar-refractivity contribution in [1.29, 1.82) is 0 Å². The Morgan fingerprint density at radius 1 is 1.50 bits per heavy atom. The minimum atomic E-state index is 0.676. The Kier molecular flexibility index (Phi) is 3.74. The van der Waals surface area contributed by atoms with Crippen molar-refractivity contribution in [3.8, 4) is 0 Å². The van der Waals surface area contributed by atoms with Crippen LogP contribution in [0.3, 0.4) is 0 Å². The molecule has 0 aliphatic carbocycles. The van der Waals surface area contributed by atoms with Gasteiger partial charge in [-0.2, -0.15) is 11.8 Å². The second-order valence-electron chi connectivity index (χ2n) is 4.82. The zero-order valence-corrected chi connectivity index (χ0v) is 9.93. The van der Waals surface area contributed by atoms with Crippen LogP contribution in [-0.4, -0.2) is 42.1 Å². The van der Waals surface area contributed by atoms with Crippen molar-refractivity contribution in [2.24, 2.45) is 17.6 Å². The van der Waals surface area contributed by atoms with Gasteiger partial charge in [0.05, 0.1) is 0 Å². The maximum absolute atomic E-state index is 5.93. The molecule has 2 aliphatic heterocycles. The molecule has 0 aromatic rings. The van der Waals surface area contributed by atoms with E-state index in [4.69, 9.17) is 5.73 Å². The predicted octanol–water partition coefficient (Wildman–Crippen LogP) is 1.41. The molecule has 2 aliphatic rings. The van der Waals surface area contributed by atoms with Crippen molar-refractivity contribution < 1.29 is 0 Å². The average Bonchev–Trinajstić information content (AvgIpc) is 2.79. The van der Waals surface area contributed by atoms with Crippen molar-refractivity contribution in [3.63, 3.8) is 0 Å². The number of likely N-dealkylation sites (tertiary alicyclic amines) is 1. The molecule has 3 heteroatoms. The number of hydrogen-bond donors (Lipinski definition) is 1. The Balaban J connectivity index is 1.91. The van der Waals surface area contributed by atoms with E-state index in [0.717, 1.165) is 18.4 Å². The van der Waals surface area contributed by atoms with Gasteiger partial charge in [0, 0.05) is 19.1 Å². The second-order valence-corrected chi connectivity index (χ2v) is 5.97. The number of thioether (sulfide) groups is 1. The van der Waals surface area contributed by atoms with Gasteiger partial charge in [-0.05, 0) is 42.7 Å². The Labute approximate surface area is 91.6 Å². The predicted molar refractivity (Wildman–Crippen MR) is 63.6 cm³/mol. The van der Waals surface area contributed by atoms with E-state index in [1.807, 2.05) is 0 Å². The molecule has 2 heterocycles. The molecule has 3 unspecified atom stereocenters. The summed E-state index contributed by atoms with van der Waals surface area (Å²) >= 11 is 2.10. The van der Waals surface area contributed by atoms with Crippen LogP contribution in [0.4, 0.5) is 0 Å². The van der Waals surface area contributed by atoms with Crippen molar-refractivity contribution in [2.45, 2.75) is 25.8 Å². The first kappa shape index (κ1) is 10.8. The molecule has 2 nitrogen and oxygen atoms in total. The van der Waals surface area contributed by atoms with Crippen LogP contribution in [0.25, 0.3) is 0 Å². The van der Waals surface area contributed by atoms with Gasteiger partial charge in [-0.25, -0.2) is 0 Å². The van der Waals surface area contributed by atoms with E-state index in [0.29, 0.717) is 6.04 Å². The average molecular weight is 214 g/mol. The molecule has 2 N–H and O–H groups in total. The van der Waals surface area contributed by atoms with Gasteiger partial charge < -0.3 is 5.73 Å². The maximum Gasteiger partial charge on any atom is 0.0254 e. The largest absolute Gasteiger partial charge is 0.329 e. The molecule has 0 aromatic heterocycles. The highest BCUT2D eigenvalue weighted by atomic mass is 32.2. The lowest BCUT2D eigenvalue weighted by Gasteiger charge is -2.31. The summed E-state index contributed by atoms with van der Waals surface area (Å²) in [5.41, 5.74) is 5.93. The van der Waals surface area contributed by atoms with E-state index in [9.17, 15) is 0 Å². The number of rotatable bonds is 3. The monoisotopic (exact) mass is 214 g/mol. The summed E-state index contributed by atoms with van der Waals surface area (Å²) in [6.07, 6.45) is 2.76. The summed E-state index contributed by atoms with van der Waals surface area (Å²) in [5.74, 6) is 4.45. The molecule has 2 saturated heterocycles. The SMILES string of the molecule is CC1CCN(C(CN)C2CCSC2)C1. The second kappa shape index (κ2) is 4.86.